The van der Waals surface area contributed by atoms with E-state index in [4.69, 9.17) is 10.00 Å². The summed E-state index contributed by atoms with van der Waals surface area (Å²) in [6.45, 7) is 1.01. The molecule has 0 aromatic heterocycles. The lowest BCUT2D eigenvalue weighted by molar-refractivity contribution is 0.0707. The second-order valence-electron chi connectivity index (χ2n) is 6.46. The van der Waals surface area contributed by atoms with Gasteiger partial charge in [0.1, 0.15) is 10.6 Å². The molecule has 0 atom stereocenters. The van der Waals surface area contributed by atoms with Crippen LogP contribution in [0.1, 0.15) is 36.0 Å². The van der Waals surface area contributed by atoms with Crippen LogP contribution in [-0.2, 0) is 10.0 Å². The minimum atomic E-state index is -3.73. The number of methoxy groups -OCH3 is 1. The Bertz CT molecular complexity index is 804. The van der Waals surface area contributed by atoms with Crippen molar-refractivity contribution in [2.75, 3.05) is 20.2 Å². The van der Waals surface area contributed by atoms with Gasteiger partial charge in [0.05, 0.1) is 13.2 Å². The fraction of sp³-hybridized carbons (Fsp3) is 0.529. The molecular formula is C17H21N3O4S. The monoisotopic (exact) mass is 363 g/mol. The first-order valence-electron chi connectivity index (χ1n) is 8.34. The van der Waals surface area contributed by atoms with Crippen LogP contribution in [0.4, 0.5) is 0 Å². The summed E-state index contributed by atoms with van der Waals surface area (Å²) in [5, 5.41) is 8.95. The minimum absolute atomic E-state index is 0.0142. The largest absolute Gasteiger partial charge is 0.495 e. The average molecular weight is 363 g/mol. The number of nitrogens with one attached hydrogen (secondary N) is 1. The molecule has 0 spiro atoms. The molecule has 1 saturated heterocycles. The zero-order valence-electron chi connectivity index (χ0n) is 14.1. The number of piperidine rings is 1. The molecule has 1 aliphatic carbocycles. The average Bonchev–Trinajstić information content (AvgIpc) is 3.44. The molecule has 8 heteroatoms. The third-order valence-electron chi connectivity index (χ3n) is 4.56. The Morgan fingerprint density at radius 3 is 2.52 bits per heavy atom. The molecular weight excluding hydrogens is 342 g/mol. The molecule has 1 heterocycles. The smallest absolute Gasteiger partial charge is 0.253 e. The summed E-state index contributed by atoms with van der Waals surface area (Å²) in [7, 11) is -2.33. The molecule has 134 valence electrons. The zero-order valence-corrected chi connectivity index (χ0v) is 14.9. The molecule has 0 unspecified atom stereocenters. The van der Waals surface area contributed by atoms with E-state index in [9.17, 15) is 13.2 Å². The molecule has 0 radical (unpaired) electrons. The van der Waals surface area contributed by atoms with Gasteiger partial charge in [-0.2, -0.15) is 5.26 Å². The van der Waals surface area contributed by atoms with Crippen LogP contribution in [0.2, 0.25) is 0 Å². The number of benzene rings is 1. The molecule has 1 N–H and O–H groups in total. The number of carbonyl (C=O) groups is 1. The third kappa shape index (κ3) is 3.94. The number of amides is 1. The maximum Gasteiger partial charge on any atom is 0.253 e. The number of carbonyl (C=O) groups excluding carboxylic acids is 1. The van der Waals surface area contributed by atoms with Crippen molar-refractivity contribution in [3.05, 3.63) is 23.8 Å². The fourth-order valence-electron chi connectivity index (χ4n) is 2.90. The Morgan fingerprint density at radius 2 is 1.96 bits per heavy atom. The summed E-state index contributed by atoms with van der Waals surface area (Å²) in [6, 6.07) is 6.67. The highest BCUT2D eigenvalue weighted by Gasteiger charge is 2.31. The van der Waals surface area contributed by atoms with E-state index in [1.165, 1.54) is 19.2 Å². The van der Waals surface area contributed by atoms with Gasteiger partial charge in [-0.15, -0.1) is 0 Å². The van der Waals surface area contributed by atoms with Crippen LogP contribution >= 0.6 is 0 Å². The van der Waals surface area contributed by atoms with Gasteiger partial charge in [0.15, 0.2) is 0 Å². The maximum absolute atomic E-state index is 12.7. The summed E-state index contributed by atoms with van der Waals surface area (Å²) < 4.78 is 32.9. The Kier molecular flexibility index (Phi) is 4.97. The van der Waals surface area contributed by atoms with Crippen LogP contribution < -0.4 is 9.46 Å². The molecule has 25 heavy (non-hydrogen) atoms. The number of nitriles is 1. The quantitative estimate of drug-likeness (QED) is 0.855. The molecule has 1 aliphatic heterocycles. The van der Waals surface area contributed by atoms with Crippen molar-refractivity contribution in [2.45, 2.75) is 36.6 Å². The summed E-state index contributed by atoms with van der Waals surface area (Å²) >= 11 is 0. The zero-order chi connectivity index (χ0) is 18.0. The number of nitrogens with zero attached hydrogens (tertiary/aromatic N) is 2. The predicted octanol–water partition coefficient (Wildman–Crippen LogP) is 1.51. The van der Waals surface area contributed by atoms with Gasteiger partial charge in [0.25, 0.3) is 5.91 Å². The van der Waals surface area contributed by atoms with Gasteiger partial charge in [-0.1, -0.05) is 0 Å². The number of sulfonamides is 1. The highest BCUT2D eigenvalue weighted by molar-refractivity contribution is 7.89. The molecule has 1 amide bonds. The SMILES string of the molecule is COc1ccc(C(=O)N2CCC(C#N)CC2)cc1S(=O)(=O)NC1CC1. The van der Waals surface area contributed by atoms with Gasteiger partial charge in [0, 0.05) is 30.6 Å². The summed E-state index contributed by atoms with van der Waals surface area (Å²) in [5.41, 5.74) is 0.312. The summed E-state index contributed by atoms with van der Waals surface area (Å²) in [4.78, 5) is 14.3. The molecule has 1 aromatic rings. The molecule has 2 fully saturated rings. The summed E-state index contributed by atoms with van der Waals surface area (Å²) in [5.74, 6) is -0.0200. The fourth-order valence-corrected chi connectivity index (χ4v) is 4.40. The molecule has 0 bridgehead atoms. The van der Waals surface area contributed by atoms with Gasteiger partial charge in [0.2, 0.25) is 10.0 Å². The molecule has 7 nitrogen and oxygen atoms in total. The van der Waals surface area contributed by atoms with Crippen LogP contribution in [-0.4, -0.2) is 45.5 Å². The highest BCUT2D eigenvalue weighted by Crippen LogP contribution is 2.29. The summed E-state index contributed by atoms with van der Waals surface area (Å²) in [6.07, 6.45) is 2.95. The van der Waals surface area contributed by atoms with Crippen LogP contribution in [0.15, 0.2) is 23.1 Å². The molecule has 1 saturated carbocycles. The van der Waals surface area contributed by atoms with E-state index in [1.54, 1.807) is 11.0 Å². The lowest BCUT2D eigenvalue weighted by Gasteiger charge is -2.29. The van der Waals surface area contributed by atoms with E-state index < -0.39 is 10.0 Å². The van der Waals surface area contributed by atoms with Crippen molar-refractivity contribution >= 4 is 15.9 Å². The van der Waals surface area contributed by atoms with Crippen molar-refractivity contribution in [3.8, 4) is 11.8 Å². The van der Waals surface area contributed by atoms with Gasteiger partial charge >= 0.3 is 0 Å². The third-order valence-corrected chi connectivity index (χ3v) is 6.11. The predicted molar refractivity (Wildman–Crippen MR) is 90.6 cm³/mol. The van der Waals surface area contributed by atoms with E-state index in [0.29, 0.717) is 31.5 Å². The van der Waals surface area contributed by atoms with Gasteiger partial charge < -0.3 is 9.64 Å². The standard InChI is InChI=1S/C17H21N3O4S/c1-24-15-5-2-13(10-16(15)25(22,23)19-14-3-4-14)17(21)20-8-6-12(11-18)7-9-20/h2,5,10,12,14,19H,3-4,6-9H2,1H3. The van der Waals surface area contributed by atoms with Crippen LogP contribution in [0.3, 0.4) is 0 Å². The molecule has 1 aromatic carbocycles. The van der Waals surface area contributed by atoms with Crippen LogP contribution in [0.25, 0.3) is 0 Å². The van der Waals surface area contributed by atoms with Crippen molar-refractivity contribution in [2.24, 2.45) is 5.92 Å². The number of ether oxygens (including phenoxy) is 1. The van der Waals surface area contributed by atoms with Gasteiger partial charge in [-0.05, 0) is 43.9 Å². The lowest BCUT2D eigenvalue weighted by atomic mass is 9.98. The van der Waals surface area contributed by atoms with E-state index in [1.807, 2.05) is 0 Å². The lowest BCUT2D eigenvalue weighted by Crippen LogP contribution is -2.38. The van der Waals surface area contributed by atoms with Crippen LogP contribution in [0.5, 0.6) is 5.75 Å². The first kappa shape index (κ1) is 17.7. The number of rotatable bonds is 5. The second kappa shape index (κ2) is 7.02. The van der Waals surface area contributed by atoms with Gasteiger partial charge in [-0.3, -0.25) is 4.79 Å². The number of hydrogen-bond acceptors (Lipinski definition) is 5. The van der Waals surface area contributed by atoms with Crippen molar-refractivity contribution < 1.29 is 17.9 Å². The van der Waals surface area contributed by atoms with E-state index in [0.717, 1.165) is 12.8 Å². The normalized spacial score (nSPS) is 18.6. The minimum Gasteiger partial charge on any atom is -0.495 e. The Balaban J connectivity index is 1.84. The van der Waals surface area contributed by atoms with Gasteiger partial charge in [-0.25, -0.2) is 13.1 Å². The van der Waals surface area contributed by atoms with E-state index >= 15 is 0 Å². The Hall–Kier alpha value is -2.11. The highest BCUT2D eigenvalue weighted by atomic mass is 32.2. The number of likely N-dealkylation sites (tertiary alicyclic amines) is 1. The first-order chi connectivity index (χ1) is 11.9. The second-order valence-corrected chi connectivity index (χ2v) is 8.14. The van der Waals surface area contributed by atoms with E-state index in [2.05, 4.69) is 10.8 Å². The Labute approximate surface area is 147 Å². The van der Waals surface area contributed by atoms with Crippen LogP contribution in [0, 0.1) is 17.2 Å². The topological polar surface area (TPSA) is 99.5 Å². The van der Waals surface area contributed by atoms with E-state index in [-0.39, 0.29) is 28.5 Å². The van der Waals surface area contributed by atoms with Crippen molar-refractivity contribution in [1.82, 2.24) is 9.62 Å². The first-order valence-corrected chi connectivity index (χ1v) is 9.82. The van der Waals surface area contributed by atoms with Crippen molar-refractivity contribution in [3.63, 3.8) is 0 Å². The Morgan fingerprint density at radius 1 is 1.28 bits per heavy atom. The maximum atomic E-state index is 12.7. The molecule has 2 aliphatic rings. The van der Waals surface area contributed by atoms with Crippen molar-refractivity contribution in [1.29, 1.82) is 5.26 Å². The molecule has 3 rings (SSSR count). The number of hydrogen-bond donors (Lipinski definition) is 1.